The van der Waals surface area contributed by atoms with Crippen LogP contribution >= 0.6 is 24.0 Å². The highest BCUT2D eigenvalue weighted by Gasteiger charge is 2.08. The number of guanidine groups is 1. The number of nitrogens with zero attached hydrogens (tertiary/aromatic N) is 2. The standard InChI is InChI=1S/C13H24N4O.HI/c1-6-14-13(16-9(2)3)15-8-7-12-10(4)17-18-11(12)5;/h9H,6-8H2,1-5H3,(H2,14,15,16);1H. The minimum absolute atomic E-state index is 0. The Labute approximate surface area is 132 Å². The summed E-state index contributed by atoms with van der Waals surface area (Å²) in [6, 6.07) is 0.377. The zero-order chi connectivity index (χ0) is 13.5. The van der Waals surface area contributed by atoms with E-state index in [1.165, 1.54) is 5.56 Å². The van der Waals surface area contributed by atoms with Crippen molar-refractivity contribution in [2.45, 2.75) is 47.1 Å². The molecule has 6 heteroatoms. The highest BCUT2D eigenvalue weighted by atomic mass is 127. The predicted octanol–water partition coefficient (Wildman–Crippen LogP) is 2.42. The van der Waals surface area contributed by atoms with Crippen LogP contribution in [0.1, 0.15) is 37.8 Å². The van der Waals surface area contributed by atoms with Crippen LogP contribution in [0.2, 0.25) is 0 Å². The van der Waals surface area contributed by atoms with Crippen molar-refractivity contribution in [2.75, 3.05) is 13.1 Å². The van der Waals surface area contributed by atoms with Crippen LogP contribution in [0.5, 0.6) is 0 Å². The van der Waals surface area contributed by atoms with E-state index in [-0.39, 0.29) is 24.0 Å². The first-order valence-corrected chi connectivity index (χ1v) is 6.51. The van der Waals surface area contributed by atoms with Gasteiger partial charge in [-0.1, -0.05) is 5.16 Å². The number of aliphatic imine (C=N–C) groups is 1. The average Bonchev–Trinajstić information content (AvgIpc) is 2.60. The third-order valence-electron chi connectivity index (χ3n) is 2.58. The van der Waals surface area contributed by atoms with Gasteiger partial charge >= 0.3 is 0 Å². The van der Waals surface area contributed by atoms with Crippen LogP contribution in [0.25, 0.3) is 0 Å². The zero-order valence-electron chi connectivity index (χ0n) is 12.4. The quantitative estimate of drug-likeness (QED) is 0.468. The highest BCUT2D eigenvalue weighted by Crippen LogP contribution is 2.12. The Balaban J connectivity index is 0.00000324. The molecule has 2 N–H and O–H groups in total. The molecule has 0 saturated carbocycles. The Morgan fingerprint density at radius 1 is 1.37 bits per heavy atom. The molecule has 0 atom stereocenters. The lowest BCUT2D eigenvalue weighted by Gasteiger charge is -2.13. The van der Waals surface area contributed by atoms with E-state index in [1.54, 1.807) is 0 Å². The second-order valence-electron chi connectivity index (χ2n) is 4.61. The minimum Gasteiger partial charge on any atom is -0.361 e. The van der Waals surface area contributed by atoms with Gasteiger partial charge in [0.15, 0.2) is 5.96 Å². The third kappa shape index (κ3) is 6.26. The number of hydrogen-bond donors (Lipinski definition) is 2. The van der Waals surface area contributed by atoms with Crippen LogP contribution in [0, 0.1) is 13.8 Å². The zero-order valence-corrected chi connectivity index (χ0v) is 14.7. The molecule has 0 saturated heterocycles. The van der Waals surface area contributed by atoms with Crippen LogP contribution in [-0.2, 0) is 6.42 Å². The molecule has 1 aromatic heterocycles. The van der Waals surface area contributed by atoms with Crippen LogP contribution in [0.15, 0.2) is 9.52 Å². The van der Waals surface area contributed by atoms with E-state index in [9.17, 15) is 0 Å². The SMILES string of the molecule is CCNC(=NCCc1c(C)noc1C)NC(C)C.I. The number of nitrogens with one attached hydrogen (secondary N) is 2. The molecular formula is C13H25IN4O. The fraction of sp³-hybridized carbons (Fsp3) is 0.692. The van der Waals surface area contributed by atoms with Gasteiger partial charge in [0.2, 0.25) is 0 Å². The minimum atomic E-state index is 0. The Morgan fingerprint density at radius 2 is 2.05 bits per heavy atom. The second-order valence-corrected chi connectivity index (χ2v) is 4.61. The largest absolute Gasteiger partial charge is 0.361 e. The van der Waals surface area contributed by atoms with Crippen molar-refractivity contribution in [2.24, 2.45) is 4.99 Å². The van der Waals surface area contributed by atoms with Crippen LogP contribution in [-0.4, -0.2) is 30.2 Å². The van der Waals surface area contributed by atoms with Gasteiger partial charge in [0.25, 0.3) is 0 Å². The number of halogens is 1. The van der Waals surface area contributed by atoms with E-state index in [1.807, 2.05) is 13.8 Å². The Bertz CT molecular complexity index is 382. The molecule has 110 valence electrons. The molecule has 0 aromatic carbocycles. The van der Waals surface area contributed by atoms with Crippen molar-refractivity contribution >= 4 is 29.9 Å². The van der Waals surface area contributed by atoms with E-state index in [4.69, 9.17) is 4.52 Å². The monoisotopic (exact) mass is 380 g/mol. The number of aromatic nitrogens is 1. The molecule has 0 radical (unpaired) electrons. The molecule has 0 spiro atoms. The summed E-state index contributed by atoms with van der Waals surface area (Å²) < 4.78 is 5.14. The summed E-state index contributed by atoms with van der Waals surface area (Å²) in [6.07, 6.45) is 0.857. The number of rotatable bonds is 5. The molecule has 0 aliphatic heterocycles. The summed E-state index contributed by atoms with van der Waals surface area (Å²) >= 11 is 0. The lowest BCUT2D eigenvalue weighted by molar-refractivity contribution is 0.392. The van der Waals surface area contributed by atoms with Crippen molar-refractivity contribution in [3.63, 3.8) is 0 Å². The van der Waals surface area contributed by atoms with E-state index in [0.29, 0.717) is 6.04 Å². The van der Waals surface area contributed by atoms with Crippen LogP contribution in [0.4, 0.5) is 0 Å². The van der Waals surface area contributed by atoms with Gasteiger partial charge in [-0.05, 0) is 41.0 Å². The van der Waals surface area contributed by atoms with Crippen LogP contribution < -0.4 is 10.6 Å². The van der Waals surface area contributed by atoms with E-state index >= 15 is 0 Å². The first-order valence-electron chi connectivity index (χ1n) is 6.51. The molecule has 1 rings (SSSR count). The molecule has 0 aliphatic rings. The number of aryl methyl sites for hydroxylation is 2. The highest BCUT2D eigenvalue weighted by molar-refractivity contribution is 14.0. The lowest BCUT2D eigenvalue weighted by Crippen LogP contribution is -2.41. The van der Waals surface area contributed by atoms with E-state index < -0.39 is 0 Å². The fourth-order valence-electron chi connectivity index (χ4n) is 1.73. The fourth-order valence-corrected chi connectivity index (χ4v) is 1.73. The van der Waals surface area contributed by atoms with Gasteiger partial charge in [-0.25, -0.2) is 0 Å². The maximum atomic E-state index is 5.14. The molecular weight excluding hydrogens is 355 g/mol. The molecule has 0 amide bonds. The van der Waals surface area contributed by atoms with Gasteiger partial charge in [-0.15, -0.1) is 24.0 Å². The summed E-state index contributed by atoms with van der Waals surface area (Å²) in [7, 11) is 0. The van der Waals surface area contributed by atoms with Gasteiger partial charge in [-0.3, -0.25) is 4.99 Å². The average molecular weight is 380 g/mol. The lowest BCUT2D eigenvalue weighted by atomic mass is 10.1. The molecule has 0 bridgehead atoms. The second kappa shape index (κ2) is 9.17. The van der Waals surface area contributed by atoms with Crippen molar-refractivity contribution in [3.8, 4) is 0 Å². The molecule has 19 heavy (non-hydrogen) atoms. The van der Waals surface area contributed by atoms with Gasteiger partial charge in [0.1, 0.15) is 5.76 Å². The van der Waals surface area contributed by atoms with Crippen molar-refractivity contribution < 1.29 is 4.52 Å². The summed E-state index contributed by atoms with van der Waals surface area (Å²) in [4.78, 5) is 4.54. The molecule has 1 heterocycles. The predicted molar refractivity (Wildman–Crippen MR) is 89.3 cm³/mol. The van der Waals surface area contributed by atoms with Gasteiger partial charge in [0.05, 0.1) is 5.69 Å². The summed E-state index contributed by atoms with van der Waals surface area (Å²) in [5.41, 5.74) is 2.13. The first-order chi connectivity index (χ1) is 8.54. The smallest absolute Gasteiger partial charge is 0.191 e. The molecule has 0 unspecified atom stereocenters. The van der Waals surface area contributed by atoms with Crippen molar-refractivity contribution in [3.05, 3.63) is 17.0 Å². The Morgan fingerprint density at radius 3 is 2.53 bits per heavy atom. The molecule has 5 nitrogen and oxygen atoms in total. The van der Waals surface area contributed by atoms with Crippen molar-refractivity contribution in [1.29, 1.82) is 0 Å². The van der Waals surface area contributed by atoms with Gasteiger partial charge in [-0.2, -0.15) is 0 Å². The first kappa shape index (κ1) is 18.2. The van der Waals surface area contributed by atoms with Crippen molar-refractivity contribution in [1.82, 2.24) is 15.8 Å². The molecule has 0 fully saturated rings. The number of hydrogen-bond acceptors (Lipinski definition) is 3. The normalized spacial score (nSPS) is 11.4. The molecule has 0 aliphatic carbocycles. The maximum Gasteiger partial charge on any atom is 0.191 e. The summed E-state index contributed by atoms with van der Waals surface area (Å²) in [6.45, 7) is 11.8. The maximum absolute atomic E-state index is 5.14. The van der Waals surface area contributed by atoms with Gasteiger partial charge < -0.3 is 15.2 Å². The molecule has 1 aromatic rings. The topological polar surface area (TPSA) is 62.5 Å². The van der Waals surface area contributed by atoms with E-state index in [2.05, 4.69) is 41.6 Å². The Hall–Kier alpha value is -0.790. The summed E-state index contributed by atoms with van der Waals surface area (Å²) in [5.74, 6) is 1.75. The van der Waals surface area contributed by atoms with Crippen LogP contribution in [0.3, 0.4) is 0 Å². The van der Waals surface area contributed by atoms with E-state index in [0.717, 1.165) is 36.9 Å². The Kier molecular flexibility index (Phi) is 8.79. The van der Waals surface area contributed by atoms with Gasteiger partial charge in [0, 0.05) is 24.7 Å². The third-order valence-corrected chi connectivity index (χ3v) is 2.58. The summed E-state index contributed by atoms with van der Waals surface area (Å²) in [5, 5.41) is 10.5.